The number of nitrogens with zero attached hydrogens (tertiary/aromatic N) is 1. The minimum absolute atomic E-state index is 1.25. The van der Waals surface area contributed by atoms with Crippen molar-refractivity contribution in [3.05, 3.63) is 42.5 Å². The number of fused-ring (bicyclic) bond motifs is 1. The molecule has 1 heteroatoms. The van der Waals surface area contributed by atoms with Gasteiger partial charge in [0.15, 0.2) is 0 Å². The van der Waals surface area contributed by atoms with E-state index in [0.717, 1.165) is 0 Å². The molecule has 2 rings (SSSR count). The maximum absolute atomic E-state index is 2.20. The van der Waals surface area contributed by atoms with Gasteiger partial charge in [-0.05, 0) is 22.9 Å². The van der Waals surface area contributed by atoms with Crippen LogP contribution in [0, 0.1) is 0 Å². The largest absolute Gasteiger partial charge is 0.378 e. The molecule has 0 unspecified atom stereocenters. The van der Waals surface area contributed by atoms with Crippen LogP contribution in [-0.2, 0) is 0 Å². The minimum Gasteiger partial charge on any atom is -0.378 e. The summed E-state index contributed by atoms with van der Waals surface area (Å²) in [7, 11) is 4.12. The highest BCUT2D eigenvalue weighted by atomic mass is 15.1. The van der Waals surface area contributed by atoms with Crippen LogP contribution >= 0.6 is 0 Å². The van der Waals surface area contributed by atoms with E-state index in [9.17, 15) is 0 Å². The molecule has 0 bridgehead atoms. The third-order valence-electron chi connectivity index (χ3n) is 2.25. The monoisotopic (exact) mass is 201 g/mol. The summed E-state index contributed by atoms with van der Waals surface area (Å²) in [6.45, 7) is 4.00. The van der Waals surface area contributed by atoms with Gasteiger partial charge < -0.3 is 4.90 Å². The first-order valence-corrected chi connectivity index (χ1v) is 5.43. The van der Waals surface area contributed by atoms with Gasteiger partial charge in [-0.25, -0.2) is 0 Å². The summed E-state index contributed by atoms with van der Waals surface area (Å²) < 4.78 is 0. The molecule has 0 amide bonds. The molecule has 0 aliphatic rings. The van der Waals surface area contributed by atoms with Crippen LogP contribution in [0.2, 0.25) is 0 Å². The Labute approximate surface area is 92.3 Å². The Morgan fingerprint density at radius 3 is 2.00 bits per heavy atom. The van der Waals surface area contributed by atoms with Gasteiger partial charge in [-0.1, -0.05) is 44.2 Å². The molecule has 0 atom stereocenters. The van der Waals surface area contributed by atoms with E-state index in [2.05, 4.69) is 61.5 Å². The van der Waals surface area contributed by atoms with E-state index in [1.54, 1.807) is 0 Å². The van der Waals surface area contributed by atoms with E-state index in [1.807, 2.05) is 13.8 Å². The van der Waals surface area contributed by atoms with Crippen LogP contribution in [0.3, 0.4) is 0 Å². The van der Waals surface area contributed by atoms with Gasteiger partial charge in [-0.2, -0.15) is 0 Å². The number of hydrogen-bond donors (Lipinski definition) is 0. The van der Waals surface area contributed by atoms with Gasteiger partial charge in [0.1, 0.15) is 0 Å². The Morgan fingerprint density at radius 2 is 1.40 bits per heavy atom. The maximum atomic E-state index is 2.20. The van der Waals surface area contributed by atoms with Crippen LogP contribution in [0.15, 0.2) is 42.5 Å². The summed E-state index contributed by atoms with van der Waals surface area (Å²) in [5, 5.41) is 2.60. The number of anilines is 1. The first-order chi connectivity index (χ1) is 7.27. The molecule has 1 nitrogen and oxygen atoms in total. The van der Waals surface area contributed by atoms with Gasteiger partial charge in [-0.15, -0.1) is 0 Å². The summed E-state index contributed by atoms with van der Waals surface area (Å²) in [6.07, 6.45) is 0. The fourth-order valence-corrected chi connectivity index (χ4v) is 1.45. The lowest BCUT2D eigenvalue weighted by atomic mass is 10.1. The van der Waals surface area contributed by atoms with Crippen LogP contribution in [0.25, 0.3) is 10.8 Å². The lowest BCUT2D eigenvalue weighted by Gasteiger charge is -2.12. The highest BCUT2D eigenvalue weighted by Gasteiger charge is 1.96. The van der Waals surface area contributed by atoms with E-state index in [0.29, 0.717) is 0 Å². The molecule has 0 spiro atoms. The molecule has 0 aliphatic heterocycles. The summed E-state index contributed by atoms with van der Waals surface area (Å²) in [5.74, 6) is 0. The summed E-state index contributed by atoms with van der Waals surface area (Å²) in [4.78, 5) is 2.12. The van der Waals surface area contributed by atoms with Crippen LogP contribution in [0.5, 0.6) is 0 Å². The third-order valence-corrected chi connectivity index (χ3v) is 2.25. The Morgan fingerprint density at radius 1 is 0.800 bits per heavy atom. The molecule has 0 aromatic heterocycles. The maximum Gasteiger partial charge on any atom is 0.0367 e. The molecular weight excluding hydrogens is 182 g/mol. The van der Waals surface area contributed by atoms with Crippen LogP contribution in [0.1, 0.15) is 13.8 Å². The van der Waals surface area contributed by atoms with Crippen molar-refractivity contribution in [2.24, 2.45) is 0 Å². The normalized spacial score (nSPS) is 9.33. The third kappa shape index (κ3) is 2.72. The predicted molar refractivity (Wildman–Crippen MR) is 69.6 cm³/mol. The molecule has 0 N–H and O–H groups in total. The number of benzene rings is 2. The molecule has 15 heavy (non-hydrogen) atoms. The fraction of sp³-hybridized carbons (Fsp3) is 0.286. The fourth-order valence-electron chi connectivity index (χ4n) is 1.45. The molecule has 0 heterocycles. The van der Waals surface area contributed by atoms with Gasteiger partial charge in [0, 0.05) is 19.8 Å². The van der Waals surface area contributed by atoms with Gasteiger partial charge in [0.25, 0.3) is 0 Å². The average Bonchev–Trinajstić information content (AvgIpc) is 2.31. The first kappa shape index (κ1) is 11.6. The van der Waals surface area contributed by atoms with E-state index < -0.39 is 0 Å². The molecule has 2 aromatic rings. The standard InChI is InChI=1S/C12H13N.C2H6/c1-13(2)12-8-7-10-5-3-4-6-11(10)9-12;1-2/h3-9H,1-2H3;1-2H3. The van der Waals surface area contributed by atoms with Crippen molar-refractivity contribution < 1.29 is 0 Å². The summed E-state index contributed by atoms with van der Waals surface area (Å²) >= 11 is 0. The van der Waals surface area contributed by atoms with Crippen molar-refractivity contribution in [2.45, 2.75) is 13.8 Å². The Balaban J connectivity index is 0.000000531. The second-order valence-electron chi connectivity index (χ2n) is 3.43. The summed E-state index contributed by atoms with van der Waals surface area (Å²) in [6, 6.07) is 14.9. The quantitative estimate of drug-likeness (QED) is 0.675. The zero-order valence-electron chi connectivity index (χ0n) is 9.99. The molecule has 0 fully saturated rings. The molecule has 0 saturated heterocycles. The average molecular weight is 201 g/mol. The highest BCUT2D eigenvalue weighted by Crippen LogP contribution is 2.20. The Hall–Kier alpha value is -1.50. The second-order valence-corrected chi connectivity index (χ2v) is 3.43. The number of rotatable bonds is 1. The molecule has 0 radical (unpaired) electrons. The SMILES string of the molecule is CC.CN(C)c1ccc2ccccc2c1. The van der Waals surface area contributed by atoms with Crippen LogP contribution in [-0.4, -0.2) is 14.1 Å². The number of hydrogen-bond acceptors (Lipinski definition) is 1. The van der Waals surface area contributed by atoms with Crippen molar-refractivity contribution >= 4 is 16.5 Å². The smallest absolute Gasteiger partial charge is 0.0367 e. The minimum atomic E-state index is 1.25. The highest BCUT2D eigenvalue weighted by molar-refractivity contribution is 5.85. The molecule has 0 aliphatic carbocycles. The van der Waals surface area contributed by atoms with Gasteiger partial charge in [-0.3, -0.25) is 0 Å². The van der Waals surface area contributed by atoms with E-state index >= 15 is 0 Å². The van der Waals surface area contributed by atoms with Crippen molar-refractivity contribution in [1.29, 1.82) is 0 Å². The van der Waals surface area contributed by atoms with Gasteiger partial charge in [0.05, 0.1) is 0 Å². The van der Waals surface area contributed by atoms with E-state index in [4.69, 9.17) is 0 Å². The van der Waals surface area contributed by atoms with E-state index in [1.165, 1.54) is 16.5 Å². The molecule has 2 aromatic carbocycles. The van der Waals surface area contributed by atoms with Crippen molar-refractivity contribution in [3.8, 4) is 0 Å². The summed E-state index contributed by atoms with van der Waals surface area (Å²) in [5.41, 5.74) is 1.25. The van der Waals surface area contributed by atoms with Crippen molar-refractivity contribution in [3.63, 3.8) is 0 Å². The van der Waals surface area contributed by atoms with Crippen LogP contribution in [0.4, 0.5) is 5.69 Å². The molecular formula is C14H19N. The van der Waals surface area contributed by atoms with Gasteiger partial charge in [0.2, 0.25) is 0 Å². The Bertz CT molecular complexity index is 418. The van der Waals surface area contributed by atoms with Crippen molar-refractivity contribution in [2.75, 3.05) is 19.0 Å². The Kier molecular flexibility index (Phi) is 4.17. The lowest BCUT2D eigenvalue weighted by Crippen LogP contribution is -2.07. The first-order valence-electron chi connectivity index (χ1n) is 5.43. The van der Waals surface area contributed by atoms with Gasteiger partial charge >= 0.3 is 0 Å². The van der Waals surface area contributed by atoms with E-state index in [-0.39, 0.29) is 0 Å². The molecule has 0 saturated carbocycles. The zero-order chi connectivity index (χ0) is 11.3. The second kappa shape index (κ2) is 5.40. The zero-order valence-corrected chi connectivity index (χ0v) is 9.99. The van der Waals surface area contributed by atoms with Crippen molar-refractivity contribution in [1.82, 2.24) is 0 Å². The lowest BCUT2D eigenvalue weighted by molar-refractivity contribution is 1.14. The molecule has 80 valence electrons. The predicted octanol–water partition coefficient (Wildman–Crippen LogP) is 3.93. The van der Waals surface area contributed by atoms with Crippen LogP contribution < -0.4 is 4.90 Å². The topological polar surface area (TPSA) is 3.24 Å².